The first-order valence-corrected chi connectivity index (χ1v) is 5.84. The normalized spacial score (nSPS) is 11.7. The SMILES string of the molecule is Cc1ccc(F)c(C(=O)C(C#N)c2ccncc2)c1F. The maximum atomic E-state index is 13.9. The zero-order valence-electron chi connectivity index (χ0n) is 10.6. The number of aromatic nitrogens is 1. The smallest absolute Gasteiger partial charge is 0.190 e. The van der Waals surface area contributed by atoms with Crippen molar-refractivity contribution in [1.82, 2.24) is 4.98 Å². The van der Waals surface area contributed by atoms with E-state index in [0.717, 1.165) is 6.07 Å². The number of pyridine rings is 1. The second-order valence-electron chi connectivity index (χ2n) is 4.26. The minimum absolute atomic E-state index is 0.154. The molecular formula is C15H10F2N2O. The quantitative estimate of drug-likeness (QED) is 0.806. The number of benzene rings is 1. The highest BCUT2D eigenvalue weighted by Crippen LogP contribution is 2.25. The molecule has 0 fully saturated rings. The number of nitrogens with zero attached hydrogens (tertiary/aromatic N) is 2. The lowest BCUT2D eigenvalue weighted by Crippen LogP contribution is -2.15. The van der Waals surface area contributed by atoms with E-state index in [1.54, 1.807) is 6.07 Å². The number of carbonyl (C=O) groups is 1. The van der Waals surface area contributed by atoms with Crippen molar-refractivity contribution in [3.63, 3.8) is 0 Å². The van der Waals surface area contributed by atoms with Gasteiger partial charge in [-0.2, -0.15) is 5.26 Å². The van der Waals surface area contributed by atoms with Crippen molar-refractivity contribution in [3.8, 4) is 6.07 Å². The molecule has 100 valence electrons. The Labute approximate surface area is 114 Å². The highest BCUT2D eigenvalue weighted by Gasteiger charge is 2.27. The van der Waals surface area contributed by atoms with Gasteiger partial charge in [-0.3, -0.25) is 9.78 Å². The maximum absolute atomic E-state index is 13.9. The topological polar surface area (TPSA) is 53.8 Å². The van der Waals surface area contributed by atoms with Crippen LogP contribution in [0.25, 0.3) is 0 Å². The van der Waals surface area contributed by atoms with Crippen LogP contribution in [0.4, 0.5) is 8.78 Å². The number of hydrogen-bond acceptors (Lipinski definition) is 3. The van der Waals surface area contributed by atoms with E-state index in [2.05, 4.69) is 4.98 Å². The van der Waals surface area contributed by atoms with Crippen LogP contribution in [0.15, 0.2) is 36.7 Å². The summed E-state index contributed by atoms with van der Waals surface area (Å²) in [5, 5.41) is 9.13. The first kappa shape index (κ1) is 13.8. The Morgan fingerprint density at radius 1 is 1.25 bits per heavy atom. The van der Waals surface area contributed by atoms with Gasteiger partial charge in [0.25, 0.3) is 0 Å². The molecule has 0 spiro atoms. The Balaban J connectivity index is 2.51. The summed E-state index contributed by atoms with van der Waals surface area (Å²) in [6, 6.07) is 6.98. The average molecular weight is 272 g/mol. The number of aryl methyl sites for hydroxylation is 1. The zero-order chi connectivity index (χ0) is 14.7. The lowest BCUT2D eigenvalue weighted by molar-refractivity contribution is 0.0970. The van der Waals surface area contributed by atoms with Crippen LogP contribution in [0, 0.1) is 29.9 Å². The number of halogens is 2. The van der Waals surface area contributed by atoms with Gasteiger partial charge < -0.3 is 0 Å². The summed E-state index contributed by atoms with van der Waals surface area (Å²) in [7, 11) is 0. The predicted octanol–water partition coefficient (Wildman–Crippen LogP) is 3.16. The van der Waals surface area contributed by atoms with Crippen molar-refractivity contribution in [3.05, 3.63) is 65.0 Å². The summed E-state index contributed by atoms with van der Waals surface area (Å²) in [6.07, 6.45) is 2.83. The van der Waals surface area contributed by atoms with Gasteiger partial charge in [0.15, 0.2) is 5.78 Å². The number of hydrogen-bond donors (Lipinski definition) is 0. The van der Waals surface area contributed by atoms with Crippen LogP contribution in [-0.2, 0) is 0 Å². The maximum Gasteiger partial charge on any atom is 0.190 e. The highest BCUT2D eigenvalue weighted by molar-refractivity contribution is 6.03. The molecule has 1 aromatic carbocycles. The van der Waals surface area contributed by atoms with Gasteiger partial charge in [-0.1, -0.05) is 6.07 Å². The van der Waals surface area contributed by atoms with Crippen LogP contribution in [0.2, 0.25) is 0 Å². The molecule has 20 heavy (non-hydrogen) atoms. The fraction of sp³-hybridized carbons (Fsp3) is 0.133. The number of rotatable bonds is 3. The minimum Gasteiger partial charge on any atom is -0.292 e. The van der Waals surface area contributed by atoms with Crippen molar-refractivity contribution in [2.75, 3.05) is 0 Å². The summed E-state index contributed by atoms with van der Waals surface area (Å²) in [5.74, 6) is -4.04. The monoisotopic (exact) mass is 272 g/mol. The molecule has 2 rings (SSSR count). The van der Waals surface area contributed by atoms with E-state index in [1.807, 2.05) is 0 Å². The van der Waals surface area contributed by atoms with Gasteiger partial charge in [0, 0.05) is 12.4 Å². The van der Waals surface area contributed by atoms with Crippen molar-refractivity contribution in [2.45, 2.75) is 12.8 Å². The van der Waals surface area contributed by atoms with Crippen LogP contribution >= 0.6 is 0 Å². The molecule has 2 aromatic rings. The second-order valence-corrected chi connectivity index (χ2v) is 4.26. The number of carbonyl (C=O) groups excluding carboxylic acids is 1. The predicted molar refractivity (Wildman–Crippen MR) is 68.0 cm³/mol. The molecule has 1 unspecified atom stereocenters. The van der Waals surface area contributed by atoms with E-state index < -0.39 is 28.9 Å². The van der Waals surface area contributed by atoms with Crippen LogP contribution in [-0.4, -0.2) is 10.8 Å². The third-order valence-electron chi connectivity index (χ3n) is 2.96. The zero-order valence-corrected chi connectivity index (χ0v) is 10.6. The molecular weight excluding hydrogens is 262 g/mol. The van der Waals surface area contributed by atoms with E-state index in [0.29, 0.717) is 5.56 Å². The van der Waals surface area contributed by atoms with Gasteiger partial charge in [-0.25, -0.2) is 8.78 Å². The summed E-state index contributed by atoms with van der Waals surface area (Å²) >= 11 is 0. The van der Waals surface area contributed by atoms with E-state index >= 15 is 0 Å². The molecule has 0 N–H and O–H groups in total. The number of nitriles is 1. The Kier molecular flexibility index (Phi) is 3.85. The van der Waals surface area contributed by atoms with Crippen LogP contribution < -0.4 is 0 Å². The molecule has 0 saturated heterocycles. The van der Waals surface area contributed by atoms with E-state index in [9.17, 15) is 13.6 Å². The number of Topliss-reactive ketones (excluding diaryl/α,β-unsaturated/α-hetero) is 1. The lowest BCUT2D eigenvalue weighted by Gasteiger charge is -2.11. The van der Waals surface area contributed by atoms with Crippen LogP contribution in [0.5, 0.6) is 0 Å². The molecule has 1 heterocycles. The molecule has 0 aliphatic carbocycles. The van der Waals surface area contributed by atoms with Gasteiger partial charge in [-0.15, -0.1) is 0 Å². The molecule has 0 amide bonds. The molecule has 0 aliphatic rings. The van der Waals surface area contributed by atoms with Crippen LogP contribution in [0.3, 0.4) is 0 Å². The Morgan fingerprint density at radius 3 is 2.50 bits per heavy atom. The van der Waals surface area contributed by atoms with Crippen molar-refractivity contribution in [2.24, 2.45) is 0 Å². The third kappa shape index (κ3) is 2.41. The van der Waals surface area contributed by atoms with Gasteiger partial charge in [0.2, 0.25) is 0 Å². The lowest BCUT2D eigenvalue weighted by atomic mass is 9.91. The molecule has 0 radical (unpaired) electrons. The molecule has 0 saturated carbocycles. The molecule has 5 heteroatoms. The summed E-state index contributed by atoms with van der Waals surface area (Å²) < 4.78 is 27.7. The van der Waals surface area contributed by atoms with E-state index in [-0.39, 0.29) is 5.56 Å². The second kappa shape index (κ2) is 5.57. The van der Waals surface area contributed by atoms with Gasteiger partial charge in [0.1, 0.15) is 17.6 Å². The van der Waals surface area contributed by atoms with Crippen molar-refractivity contribution >= 4 is 5.78 Å². The number of ketones is 1. The molecule has 0 bridgehead atoms. The fourth-order valence-electron chi connectivity index (χ4n) is 1.87. The van der Waals surface area contributed by atoms with E-state index in [1.165, 1.54) is 37.5 Å². The molecule has 1 aromatic heterocycles. The standard InChI is InChI=1S/C15H10F2N2O/c1-9-2-3-12(16)13(14(9)17)15(20)11(8-18)10-4-6-19-7-5-10/h2-7,11H,1H3. The highest BCUT2D eigenvalue weighted by atomic mass is 19.1. The summed E-state index contributed by atoms with van der Waals surface area (Å²) in [5.41, 5.74) is -0.165. The van der Waals surface area contributed by atoms with Crippen LogP contribution in [0.1, 0.15) is 27.4 Å². The van der Waals surface area contributed by atoms with Gasteiger partial charge in [0.05, 0.1) is 11.6 Å². The average Bonchev–Trinajstić information content (AvgIpc) is 2.45. The minimum atomic E-state index is -1.26. The Bertz CT molecular complexity index is 693. The van der Waals surface area contributed by atoms with Gasteiger partial charge in [-0.05, 0) is 36.2 Å². The molecule has 3 nitrogen and oxygen atoms in total. The fourth-order valence-corrected chi connectivity index (χ4v) is 1.87. The van der Waals surface area contributed by atoms with Gasteiger partial charge >= 0.3 is 0 Å². The molecule has 0 aliphatic heterocycles. The van der Waals surface area contributed by atoms with Crippen molar-refractivity contribution in [1.29, 1.82) is 5.26 Å². The van der Waals surface area contributed by atoms with Crippen molar-refractivity contribution < 1.29 is 13.6 Å². The third-order valence-corrected chi connectivity index (χ3v) is 2.96. The summed E-state index contributed by atoms with van der Waals surface area (Å²) in [4.78, 5) is 16.0. The Morgan fingerprint density at radius 2 is 1.90 bits per heavy atom. The Hall–Kier alpha value is -2.61. The summed E-state index contributed by atoms with van der Waals surface area (Å²) in [6.45, 7) is 1.43. The largest absolute Gasteiger partial charge is 0.292 e. The molecule has 1 atom stereocenters. The van der Waals surface area contributed by atoms with E-state index in [4.69, 9.17) is 5.26 Å². The first-order chi connectivity index (χ1) is 9.56. The first-order valence-electron chi connectivity index (χ1n) is 5.84.